The first-order valence-corrected chi connectivity index (χ1v) is 6.98. The smallest absolute Gasteiger partial charge is 0.269 e. The number of amides is 1. The Morgan fingerprint density at radius 3 is 2.95 bits per heavy atom. The molecule has 2 bridgehead atoms. The lowest BCUT2D eigenvalue weighted by molar-refractivity contribution is 0.0937. The molecular formula is C14H20N4O. The van der Waals surface area contributed by atoms with Crippen LogP contribution in [0.2, 0.25) is 0 Å². The molecule has 5 heteroatoms. The molecule has 3 rings (SSSR count). The van der Waals surface area contributed by atoms with Gasteiger partial charge in [0.15, 0.2) is 0 Å². The molecule has 1 aromatic heterocycles. The summed E-state index contributed by atoms with van der Waals surface area (Å²) in [7, 11) is 0. The number of hydrazine groups is 1. The first-order valence-electron chi connectivity index (χ1n) is 6.98. The van der Waals surface area contributed by atoms with Crippen LogP contribution in [0.4, 0.5) is 5.82 Å². The van der Waals surface area contributed by atoms with Gasteiger partial charge >= 0.3 is 0 Å². The zero-order valence-electron chi connectivity index (χ0n) is 10.9. The second-order valence-corrected chi connectivity index (χ2v) is 5.70. The number of nitrogens with two attached hydrogens (primary N) is 1. The number of nitrogen functional groups attached to an aromatic ring is 1. The van der Waals surface area contributed by atoms with Crippen LogP contribution in [0.1, 0.15) is 36.2 Å². The number of hydrogen-bond donors (Lipinski definition) is 3. The molecule has 0 saturated heterocycles. The molecule has 3 unspecified atom stereocenters. The van der Waals surface area contributed by atoms with E-state index in [1.54, 1.807) is 18.2 Å². The number of hydrogen-bond acceptors (Lipinski definition) is 4. The summed E-state index contributed by atoms with van der Waals surface area (Å²) >= 11 is 0. The quantitative estimate of drug-likeness (QED) is 0.566. The lowest BCUT2D eigenvalue weighted by atomic mass is 9.89. The molecule has 1 heterocycles. The van der Waals surface area contributed by atoms with Crippen molar-refractivity contribution in [1.29, 1.82) is 0 Å². The maximum Gasteiger partial charge on any atom is 0.269 e. The van der Waals surface area contributed by atoms with E-state index in [9.17, 15) is 4.79 Å². The van der Waals surface area contributed by atoms with E-state index in [-0.39, 0.29) is 5.91 Å². The van der Waals surface area contributed by atoms with Gasteiger partial charge < -0.3 is 10.7 Å². The molecule has 2 fully saturated rings. The van der Waals surface area contributed by atoms with Crippen molar-refractivity contribution in [3.05, 3.63) is 23.9 Å². The summed E-state index contributed by atoms with van der Waals surface area (Å²) in [5, 5.41) is 3.01. The summed E-state index contributed by atoms with van der Waals surface area (Å²) in [5.74, 6) is 8.09. The Balaban J connectivity index is 1.56. The monoisotopic (exact) mass is 260 g/mol. The Morgan fingerprint density at radius 1 is 1.37 bits per heavy atom. The van der Waals surface area contributed by atoms with Crippen molar-refractivity contribution in [1.82, 2.24) is 10.3 Å². The number of pyridine rings is 1. The van der Waals surface area contributed by atoms with Gasteiger partial charge in [0, 0.05) is 6.54 Å². The van der Waals surface area contributed by atoms with Gasteiger partial charge in [-0.1, -0.05) is 12.5 Å². The number of nitrogens with one attached hydrogen (secondary N) is 2. The van der Waals surface area contributed by atoms with Gasteiger partial charge in [-0.3, -0.25) is 4.79 Å². The molecule has 0 radical (unpaired) electrons. The number of fused-ring (bicyclic) bond motifs is 2. The number of rotatable bonds is 4. The largest absolute Gasteiger partial charge is 0.350 e. The minimum absolute atomic E-state index is 0.111. The van der Waals surface area contributed by atoms with Crippen LogP contribution in [-0.2, 0) is 0 Å². The molecule has 0 spiro atoms. The Kier molecular flexibility index (Phi) is 3.38. The zero-order valence-corrected chi connectivity index (χ0v) is 10.9. The third-order valence-electron chi connectivity index (χ3n) is 4.54. The Bertz CT molecular complexity index is 476. The molecule has 0 aromatic carbocycles. The van der Waals surface area contributed by atoms with E-state index >= 15 is 0 Å². The second kappa shape index (κ2) is 5.17. The van der Waals surface area contributed by atoms with Crippen LogP contribution in [0.25, 0.3) is 0 Å². The van der Waals surface area contributed by atoms with Gasteiger partial charge in [-0.05, 0) is 49.1 Å². The van der Waals surface area contributed by atoms with E-state index in [0.29, 0.717) is 17.4 Å². The number of aromatic nitrogens is 1. The number of carbonyl (C=O) groups excluding carboxylic acids is 1. The minimum atomic E-state index is -0.111. The van der Waals surface area contributed by atoms with Gasteiger partial charge in [-0.15, -0.1) is 0 Å². The fourth-order valence-corrected chi connectivity index (χ4v) is 3.58. The zero-order chi connectivity index (χ0) is 13.2. The van der Waals surface area contributed by atoms with Crippen LogP contribution in [0, 0.1) is 17.8 Å². The molecule has 3 atom stereocenters. The van der Waals surface area contributed by atoms with Gasteiger partial charge in [0.1, 0.15) is 11.5 Å². The highest BCUT2D eigenvalue weighted by molar-refractivity contribution is 5.92. The van der Waals surface area contributed by atoms with E-state index in [1.165, 1.54) is 25.7 Å². The lowest BCUT2D eigenvalue weighted by Crippen LogP contribution is -2.32. The fraction of sp³-hybridized carbons (Fsp3) is 0.571. The first kappa shape index (κ1) is 12.4. The summed E-state index contributed by atoms with van der Waals surface area (Å²) in [6.45, 7) is 0.780. The van der Waals surface area contributed by atoms with Gasteiger partial charge in [-0.25, -0.2) is 10.8 Å². The van der Waals surface area contributed by atoms with Gasteiger partial charge in [0.25, 0.3) is 5.91 Å². The highest BCUT2D eigenvalue weighted by Gasteiger charge is 2.39. The standard InChI is InChI=1S/C14H20N4O/c15-18-13-3-1-2-12(17-13)14(19)16-8-11-7-9-4-5-10(11)6-9/h1-3,9-11H,4-8,15H2,(H,16,19)(H,17,18). The fourth-order valence-electron chi connectivity index (χ4n) is 3.58. The molecule has 1 amide bonds. The van der Waals surface area contributed by atoms with E-state index in [1.807, 2.05) is 0 Å². The van der Waals surface area contributed by atoms with Gasteiger partial charge in [0.2, 0.25) is 0 Å². The molecule has 2 aliphatic carbocycles. The SMILES string of the molecule is NNc1cccc(C(=O)NCC2CC3CCC2C3)n1. The maximum absolute atomic E-state index is 12.0. The molecule has 4 N–H and O–H groups in total. The van der Waals surface area contributed by atoms with Crippen molar-refractivity contribution in [2.75, 3.05) is 12.0 Å². The Labute approximate surface area is 112 Å². The average molecular weight is 260 g/mol. The first-order chi connectivity index (χ1) is 9.26. The molecule has 5 nitrogen and oxygen atoms in total. The Hall–Kier alpha value is -1.62. The van der Waals surface area contributed by atoms with Gasteiger partial charge in [0.05, 0.1) is 0 Å². The highest BCUT2D eigenvalue weighted by atomic mass is 16.1. The van der Waals surface area contributed by atoms with Crippen LogP contribution in [-0.4, -0.2) is 17.4 Å². The maximum atomic E-state index is 12.0. The van der Waals surface area contributed by atoms with Crippen molar-refractivity contribution in [2.24, 2.45) is 23.6 Å². The highest BCUT2D eigenvalue weighted by Crippen LogP contribution is 2.47. The van der Waals surface area contributed by atoms with Gasteiger partial charge in [-0.2, -0.15) is 0 Å². The van der Waals surface area contributed by atoms with E-state index in [2.05, 4.69) is 15.7 Å². The molecule has 2 saturated carbocycles. The third kappa shape index (κ3) is 2.56. The predicted octanol–water partition coefficient (Wildman–Crippen LogP) is 1.53. The van der Waals surface area contributed by atoms with Crippen LogP contribution < -0.4 is 16.6 Å². The van der Waals surface area contributed by atoms with Crippen molar-refractivity contribution in [2.45, 2.75) is 25.7 Å². The number of anilines is 1. The predicted molar refractivity (Wildman–Crippen MR) is 73.3 cm³/mol. The van der Waals surface area contributed by atoms with E-state index in [0.717, 1.165) is 18.4 Å². The molecular weight excluding hydrogens is 240 g/mol. The van der Waals surface area contributed by atoms with E-state index in [4.69, 9.17) is 5.84 Å². The summed E-state index contributed by atoms with van der Waals surface area (Å²) < 4.78 is 0. The molecule has 2 aliphatic rings. The van der Waals surface area contributed by atoms with Crippen LogP contribution in [0.3, 0.4) is 0 Å². The summed E-state index contributed by atoms with van der Waals surface area (Å²) in [5.41, 5.74) is 2.87. The summed E-state index contributed by atoms with van der Waals surface area (Å²) in [6.07, 6.45) is 5.38. The van der Waals surface area contributed by atoms with Crippen LogP contribution in [0.15, 0.2) is 18.2 Å². The van der Waals surface area contributed by atoms with Crippen molar-refractivity contribution in [3.63, 3.8) is 0 Å². The Morgan fingerprint density at radius 2 is 2.26 bits per heavy atom. The molecule has 1 aromatic rings. The molecule has 0 aliphatic heterocycles. The third-order valence-corrected chi connectivity index (χ3v) is 4.54. The lowest BCUT2D eigenvalue weighted by Gasteiger charge is -2.21. The average Bonchev–Trinajstić information content (AvgIpc) is 3.07. The minimum Gasteiger partial charge on any atom is -0.350 e. The summed E-state index contributed by atoms with van der Waals surface area (Å²) in [4.78, 5) is 16.2. The van der Waals surface area contributed by atoms with Crippen molar-refractivity contribution >= 4 is 11.7 Å². The number of carbonyl (C=O) groups is 1. The van der Waals surface area contributed by atoms with Crippen molar-refractivity contribution in [3.8, 4) is 0 Å². The molecule has 19 heavy (non-hydrogen) atoms. The summed E-state index contributed by atoms with van der Waals surface area (Å²) in [6, 6.07) is 5.21. The second-order valence-electron chi connectivity index (χ2n) is 5.70. The van der Waals surface area contributed by atoms with Crippen LogP contribution >= 0.6 is 0 Å². The molecule has 102 valence electrons. The van der Waals surface area contributed by atoms with Crippen molar-refractivity contribution < 1.29 is 4.79 Å². The topological polar surface area (TPSA) is 80.0 Å². The number of nitrogens with zero attached hydrogens (tertiary/aromatic N) is 1. The normalized spacial score (nSPS) is 28.4. The van der Waals surface area contributed by atoms with Crippen LogP contribution in [0.5, 0.6) is 0 Å². The van der Waals surface area contributed by atoms with E-state index < -0.39 is 0 Å².